The Hall–Kier alpha value is -4.19. The lowest BCUT2D eigenvalue weighted by atomic mass is 10.1. The first-order valence-corrected chi connectivity index (χ1v) is 8.98. The highest BCUT2D eigenvalue weighted by atomic mass is 16.1. The second-order valence-electron chi connectivity index (χ2n) is 6.45. The van der Waals surface area contributed by atoms with Gasteiger partial charge in [0.1, 0.15) is 41.1 Å². The second-order valence-corrected chi connectivity index (χ2v) is 6.45. The Labute approximate surface area is 166 Å². The van der Waals surface area contributed by atoms with Crippen molar-refractivity contribution >= 4 is 17.3 Å². The van der Waals surface area contributed by atoms with Crippen LogP contribution in [-0.2, 0) is 6.54 Å². The zero-order valence-corrected chi connectivity index (χ0v) is 15.6. The van der Waals surface area contributed by atoms with E-state index < -0.39 is 0 Å². The van der Waals surface area contributed by atoms with Crippen molar-refractivity contribution in [3.63, 3.8) is 0 Å². The molecule has 1 atom stereocenters. The number of hydrogen-bond donors (Lipinski definition) is 2. The van der Waals surface area contributed by atoms with Crippen molar-refractivity contribution in [3.05, 3.63) is 82.4 Å². The van der Waals surface area contributed by atoms with Crippen molar-refractivity contribution in [1.29, 1.82) is 5.26 Å². The fraction of sp³-hybridized carbons (Fsp3) is 0.150. The van der Waals surface area contributed by atoms with Crippen LogP contribution >= 0.6 is 0 Å². The normalized spacial score (nSPS) is 11.9. The molecule has 4 rings (SSSR count). The Morgan fingerprint density at radius 2 is 2.00 bits per heavy atom. The summed E-state index contributed by atoms with van der Waals surface area (Å²) in [5, 5.41) is 12.4. The van der Waals surface area contributed by atoms with Gasteiger partial charge in [0.25, 0.3) is 0 Å². The molecule has 0 spiro atoms. The van der Waals surface area contributed by atoms with Crippen molar-refractivity contribution in [2.75, 3.05) is 11.1 Å². The lowest BCUT2D eigenvalue weighted by Gasteiger charge is -2.20. The molecule has 4 aromatic rings. The third-order valence-electron chi connectivity index (χ3n) is 4.73. The molecule has 29 heavy (non-hydrogen) atoms. The van der Waals surface area contributed by atoms with E-state index in [0.717, 1.165) is 5.56 Å². The molecule has 9 nitrogen and oxygen atoms in total. The van der Waals surface area contributed by atoms with Gasteiger partial charge in [0.05, 0.1) is 12.6 Å². The molecule has 9 heteroatoms. The van der Waals surface area contributed by atoms with Crippen LogP contribution in [0.1, 0.15) is 29.9 Å². The predicted octanol–water partition coefficient (Wildman–Crippen LogP) is 1.96. The van der Waals surface area contributed by atoms with E-state index >= 15 is 0 Å². The van der Waals surface area contributed by atoms with Crippen molar-refractivity contribution in [2.24, 2.45) is 0 Å². The second kappa shape index (κ2) is 7.44. The molecule has 3 N–H and O–H groups in total. The summed E-state index contributed by atoms with van der Waals surface area (Å²) in [4.78, 5) is 25.7. The fourth-order valence-corrected chi connectivity index (χ4v) is 3.24. The number of nitrogens with one attached hydrogen (secondary N) is 1. The first kappa shape index (κ1) is 18.2. The summed E-state index contributed by atoms with van der Waals surface area (Å²) >= 11 is 0. The molecule has 3 heterocycles. The summed E-state index contributed by atoms with van der Waals surface area (Å²) in [6, 6.07) is 15.0. The zero-order valence-electron chi connectivity index (χ0n) is 15.6. The summed E-state index contributed by atoms with van der Waals surface area (Å²) in [6.45, 7) is 2.12. The summed E-state index contributed by atoms with van der Waals surface area (Å²) < 4.78 is 3.14. The fourth-order valence-electron chi connectivity index (χ4n) is 3.24. The summed E-state index contributed by atoms with van der Waals surface area (Å²) in [5.41, 5.74) is 7.23. The molecule has 1 unspecified atom stereocenters. The van der Waals surface area contributed by atoms with Crippen LogP contribution in [0.4, 0.5) is 11.6 Å². The minimum atomic E-state index is -0.245. The average molecular weight is 386 g/mol. The van der Waals surface area contributed by atoms with Crippen molar-refractivity contribution < 1.29 is 0 Å². The number of hydrogen-bond acceptors (Lipinski definition) is 7. The molecule has 0 saturated carbocycles. The molecule has 0 aliphatic carbocycles. The van der Waals surface area contributed by atoms with Crippen LogP contribution in [0.25, 0.3) is 5.65 Å². The Morgan fingerprint density at radius 3 is 2.76 bits per heavy atom. The number of anilines is 2. The van der Waals surface area contributed by atoms with E-state index in [1.807, 2.05) is 43.3 Å². The molecule has 0 saturated heterocycles. The van der Waals surface area contributed by atoms with Crippen molar-refractivity contribution in [1.82, 2.24) is 23.9 Å². The Balaban J connectivity index is 1.79. The van der Waals surface area contributed by atoms with E-state index in [4.69, 9.17) is 5.73 Å². The van der Waals surface area contributed by atoms with Crippen LogP contribution in [0.2, 0.25) is 0 Å². The number of nitriles is 1. The lowest BCUT2D eigenvalue weighted by molar-refractivity contribution is 0.547. The van der Waals surface area contributed by atoms with Gasteiger partial charge in [0.15, 0.2) is 0 Å². The number of rotatable bonds is 5. The molecule has 0 aliphatic rings. The van der Waals surface area contributed by atoms with Crippen LogP contribution in [0.5, 0.6) is 0 Å². The molecule has 3 aromatic heterocycles. The van der Waals surface area contributed by atoms with Crippen LogP contribution in [0.15, 0.2) is 59.8 Å². The highest BCUT2D eigenvalue weighted by Gasteiger charge is 2.18. The number of benzene rings is 1. The maximum atomic E-state index is 13.2. The molecule has 0 bridgehead atoms. The molecule has 0 fully saturated rings. The van der Waals surface area contributed by atoms with Gasteiger partial charge >= 0.3 is 5.69 Å². The van der Waals surface area contributed by atoms with Crippen LogP contribution in [0.3, 0.4) is 0 Å². The van der Waals surface area contributed by atoms with E-state index in [1.165, 1.54) is 10.7 Å². The average Bonchev–Trinajstić information content (AvgIpc) is 3.21. The van der Waals surface area contributed by atoms with Gasteiger partial charge in [-0.05, 0) is 24.6 Å². The number of nitrogens with two attached hydrogens (primary N) is 1. The van der Waals surface area contributed by atoms with Gasteiger partial charge in [-0.2, -0.15) is 5.26 Å². The maximum absolute atomic E-state index is 13.2. The van der Waals surface area contributed by atoms with Gasteiger partial charge in [0.2, 0.25) is 0 Å². The zero-order chi connectivity index (χ0) is 20.4. The monoisotopic (exact) mass is 386 g/mol. The quantitative estimate of drug-likeness (QED) is 0.537. The molecule has 0 aliphatic heterocycles. The van der Waals surface area contributed by atoms with E-state index in [9.17, 15) is 10.1 Å². The maximum Gasteiger partial charge on any atom is 0.335 e. The molecular weight excluding hydrogens is 368 g/mol. The number of nitrogen functional groups attached to an aromatic ring is 1. The third kappa shape index (κ3) is 3.27. The van der Waals surface area contributed by atoms with E-state index in [0.29, 0.717) is 17.3 Å². The van der Waals surface area contributed by atoms with Crippen LogP contribution in [-0.4, -0.2) is 23.9 Å². The number of aromatic nitrogens is 5. The molecule has 0 radical (unpaired) electrons. The van der Waals surface area contributed by atoms with E-state index in [1.54, 1.807) is 22.9 Å². The highest BCUT2D eigenvalue weighted by Crippen LogP contribution is 2.20. The standard InChI is InChI=1S/C20H18N8O/c1-13(14-6-3-2-4-7-14)28-17(26-16-8-5-9-27(16)20(28)29)11-23-19-15(10-21)18(22)24-12-25-19/h2-9,12-13H,11H2,1H3,(H3,22,23,24,25). The Kier molecular flexibility index (Phi) is 4.66. The highest BCUT2D eigenvalue weighted by molar-refractivity contribution is 5.61. The first-order valence-electron chi connectivity index (χ1n) is 8.98. The van der Waals surface area contributed by atoms with Gasteiger partial charge in [-0.25, -0.2) is 19.7 Å². The molecular formula is C20H18N8O. The summed E-state index contributed by atoms with van der Waals surface area (Å²) in [5.74, 6) is 0.900. The Bertz CT molecular complexity index is 1270. The lowest BCUT2D eigenvalue weighted by Crippen LogP contribution is -2.33. The molecule has 0 amide bonds. The third-order valence-corrected chi connectivity index (χ3v) is 4.73. The van der Waals surface area contributed by atoms with Crippen molar-refractivity contribution in [2.45, 2.75) is 19.5 Å². The summed E-state index contributed by atoms with van der Waals surface area (Å²) in [6.07, 6.45) is 2.97. The van der Waals surface area contributed by atoms with Crippen molar-refractivity contribution in [3.8, 4) is 6.07 Å². The molecule has 1 aromatic carbocycles. The summed E-state index contributed by atoms with van der Waals surface area (Å²) in [7, 11) is 0. The van der Waals surface area contributed by atoms with Gasteiger partial charge in [-0.3, -0.25) is 8.97 Å². The van der Waals surface area contributed by atoms with Gasteiger partial charge in [-0.15, -0.1) is 0 Å². The smallest absolute Gasteiger partial charge is 0.335 e. The van der Waals surface area contributed by atoms with Crippen LogP contribution < -0.4 is 16.7 Å². The SMILES string of the molecule is CC(c1ccccc1)n1c(CNc2ncnc(N)c2C#N)nc2cccn2c1=O. The van der Waals surface area contributed by atoms with Gasteiger partial charge < -0.3 is 11.1 Å². The van der Waals surface area contributed by atoms with Gasteiger partial charge in [0, 0.05) is 6.20 Å². The van der Waals surface area contributed by atoms with Gasteiger partial charge in [-0.1, -0.05) is 30.3 Å². The first-order chi connectivity index (χ1) is 14.1. The van der Waals surface area contributed by atoms with E-state index in [-0.39, 0.29) is 29.7 Å². The predicted molar refractivity (Wildman–Crippen MR) is 108 cm³/mol. The topological polar surface area (TPSA) is 127 Å². The largest absolute Gasteiger partial charge is 0.382 e. The number of nitrogens with zero attached hydrogens (tertiary/aromatic N) is 6. The Morgan fingerprint density at radius 1 is 1.21 bits per heavy atom. The van der Waals surface area contributed by atoms with E-state index in [2.05, 4.69) is 20.3 Å². The molecule has 144 valence electrons. The number of fused-ring (bicyclic) bond motifs is 1. The van der Waals surface area contributed by atoms with Crippen LogP contribution in [0, 0.1) is 11.3 Å². The minimum Gasteiger partial charge on any atom is -0.382 e. The minimum absolute atomic E-state index is 0.0926.